The fraction of sp³-hybridized carbons (Fsp3) is 0.389. The van der Waals surface area contributed by atoms with Gasteiger partial charge < -0.3 is 21.5 Å². The zero-order valence-electron chi connectivity index (χ0n) is 15.4. The number of hydrogen-bond donors (Lipinski definition) is 4. The van der Waals surface area contributed by atoms with E-state index in [1.54, 1.807) is 13.8 Å². The summed E-state index contributed by atoms with van der Waals surface area (Å²) in [6, 6.07) is 2.15. The SMILES string of the molecule is CC(C)[C@@H](O)C(=O)N[C@@H](Cc1ccc(F)c(F)c1)C(=O)NCc1cnc(N)s1. The third kappa shape index (κ3) is 5.96. The maximum atomic E-state index is 13.5. The number of nitrogen functional groups attached to an aromatic ring is 1. The van der Waals surface area contributed by atoms with Crippen molar-refractivity contribution >= 4 is 28.3 Å². The molecule has 2 rings (SSSR count). The van der Waals surface area contributed by atoms with Gasteiger partial charge >= 0.3 is 0 Å². The van der Waals surface area contributed by atoms with Gasteiger partial charge in [0.05, 0.1) is 6.54 Å². The number of anilines is 1. The normalized spacial score (nSPS) is 13.2. The van der Waals surface area contributed by atoms with Crippen LogP contribution < -0.4 is 16.4 Å². The van der Waals surface area contributed by atoms with Crippen LogP contribution in [0.2, 0.25) is 0 Å². The quantitative estimate of drug-likeness (QED) is 0.522. The van der Waals surface area contributed by atoms with Crippen LogP contribution in [0.1, 0.15) is 24.3 Å². The number of amides is 2. The summed E-state index contributed by atoms with van der Waals surface area (Å²) in [5.74, 6) is -3.68. The van der Waals surface area contributed by atoms with E-state index in [0.717, 1.165) is 12.1 Å². The molecular weight excluding hydrogens is 390 g/mol. The minimum absolute atomic E-state index is 0.0790. The van der Waals surface area contributed by atoms with Gasteiger partial charge in [-0.2, -0.15) is 0 Å². The van der Waals surface area contributed by atoms with E-state index in [-0.39, 0.29) is 18.9 Å². The van der Waals surface area contributed by atoms with Crippen LogP contribution in [0.3, 0.4) is 0 Å². The van der Waals surface area contributed by atoms with Crippen LogP contribution >= 0.6 is 11.3 Å². The Bertz CT molecular complexity index is 844. The van der Waals surface area contributed by atoms with E-state index in [0.29, 0.717) is 15.6 Å². The van der Waals surface area contributed by atoms with Gasteiger partial charge in [-0.15, -0.1) is 11.3 Å². The summed E-state index contributed by atoms with van der Waals surface area (Å²) in [6.07, 6.45) is 0.137. The van der Waals surface area contributed by atoms with Gasteiger partial charge in [-0.1, -0.05) is 19.9 Å². The topological polar surface area (TPSA) is 117 Å². The van der Waals surface area contributed by atoms with Gasteiger partial charge in [0.2, 0.25) is 11.8 Å². The second kappa shape index (κ2) is 9.56. The molecule has 7 nitrogen and oxygen atoms in total. The van der Waals surface area contributed by atoms with Gasteiger partial charge in [-0.05, 0) is 23.6 Å². The van der Waals surface area contributed by atoms with Crippen molar-refractivity contribution in [1.82, 2.24) is 15.6 Å². The summed E-state index contributed by atoms with van der Waals surface area (Å²) in [5, 5.41) is 15.4. The van der Waals surface area contributed by atoms with Crippen molar-refractivity contribution in [1.29, 1.82) is 0 Å². The van der Waals surface area contributed by atoms with Crippen molar-refractivity contribution in [2.45, 2.75) is 39.0 Å². The highest BCUT2D eigenvalue weighted by atomic mass is 32.1. The van der Waals surface area contributed by atoms with Gasteiger partial charge in [-0.3, -0.25) is 9.59 Å². The summed E-state index contributed by atoms with van der Waals surface area (Å²) in [7, 11) is 0. The van der Waals surface area contributed by atoms with E-state index < -0.39 is 35.6 Å². The van der Waals surface area contributed by atoms with E-state index in [1.807, 2.05) is 0 Å². The smallest absolute Gasteiger partial charge is 0.249 e. The molecule has 1 aromatic heterocycles. The van der Waals surface area contributed by atoms with Crippen molar-refractivity contribution in [2.75, 3.05) is 5.73 Å². The third-order valence-corrected chi connectivity index (χ3v) is 4.79. The van der Waals surface area contributed by atoms with E-state index in [2.05, 4.69) is 15.6 Å². The molecule has 152 valence electrons. The summed E-state index contributed by atoms with van der Waals surface area (Å²) >= 11 is 1.21. The van der Waals surface area contributed by atoms with E-state index >= 15 is 0 Å². The molecule has 0 bridgehead atoms. The van der Waals surface area contributed by atoms with Gasteiger partial charge in [0.25, 0.3) is 0 Å². The zero-order valence-corrected chi connectivity index (χ0v) is 16.2. The fourth-order valence-electron chi connectivity index (χ4n) is 2.37. The summed E-state index contributed by atoms with van der Waals surface area (Å²) in [6.45, 7) is 3.45. The molecule has 0 spiro atoms. The highest BCUT2D eigenvalue weighted by Gasteiger charge is 2.26. The number of thiazole rings is 1. The maximum absolute atomic E-state index is 13.5. The molecular formula is C18H22F2N4O3S. The number of aliphatic hydroxyl groups is 1. The Morgan fingerprint density at radius 3 is 2.54 bits per heavy atom. The summed E-state index contributed by atoms with van der Waals surface area (Å²) in [5.41, 5.74) is 5.86. The molecule has 28 heavy (non-hydrogen) atoms. The van der Waals surface area contributed by atoms with Crippen molar-refractivity contribution in [3.63, 3.8) is 0 Å². The Hall–Kier alpha value is -2.59. The maximum Gasteiger partial charge on any atom is 0.249 e. The van der Waals surface area contributed by atoms with E-state index in [1.165, 1.54) is 23.6 Å². The van der Waals surface area contributed by atoms with Crippen LogP contribution in [-0.2, 0) is 22.6 Å². The number of nitrogens with zero attached hydrogens (tertiary/aromatic N) is 1. The van der Waals surface area contributed by atoms with Crippen molar-refractivity contribution < 1.29 is 23.5 Å². The Balaban J connectivity index is 2.12. The number of nitrogens with two attached hydrogens (primary N) is 1. The predicted octanol–water partition coefficient (Wildman–Crippen LogP) is 1.36. The molecule has 2 aromatic rings. The van der Waals surface area contributed by atoms with Crippen LogP contribution in [0.5, 0.6) is 0 Å². The Labute approximate surface area is 165 Å². The molecule has 0 aliphatic heterocycles. The number of aromatic nitrogens is 1. The minimum Gasteiger partial charge on any atom is -0.383 e. The Morgan fingerprint density at radius 2 is 1.96 bits per heavy atom. The number of benzene rings is 1. The van der Waals surface area contributed by atoms with Crippen molar-refractivity contribution in [3.05, 3.63) is 46.5 Å². The molecule has 0 saturated heterocycles. The first-order chi connectivity index (χ1) is 13.2. The number of carbonyl (C=O) groups is 2. The molecule has 0 fully saturated rings. The molecule has 1 heterocycles. The summed E-state index contributed by atoms with van der Waals surface area (Å²) < 4.78 is 26.6. The Kier molecular flexibility index (Phi) is 7.41. The minimum atomic E-state index is -1.30. The highest BCUT2D eigenvalue weighted by molar-refractivity contribution is 7.15. The average molecular weight is 412 g/mol. The molecule has 2 amide bonds. The van der Waals surface area contributed by atoms with E-state index in [4.69, 9.17) is 5.73 Å². The van der Waals surface area contributed by atoms with Gasteiger partial charge in [0.1, 0.15) is 12.1 Å². The molecule has 0 unspecified atom stereocenters. The average Bonchev–Trinajstić information content (AvgIpc) is 3.06. The Morgan fingerprint density at radius 1 is 1.25 bits per heavy atom. The van der Waals surface area contributed by atoms with Crippen LogP contribution in [0, 0.1) is 17.6 Å². The largest absolute Gasteiger partial charge is 0.383 e. The molecule has 0 aliphatic rings. The van der Waals surface area contributed by atoms with Gasteiger partial charge in [-0.25, -0.2) is 13.8 Å². The summed E-state index contributed by atoms with van der Waals surface area (Å²) in [4.78, 5) is 29.4. The van der Waals surface area contributed by atoms with Gasteiger partial charge in [0, 0.05) is 17.5 Å². The zero-order chi connectivity index (χ0) is 20.8. The number of hydrogen-bond acceptors (Lipinski definition) is 6. The lowest BCUT2D eigenvalue weighted by Gasteiger charge is -2.21. The number of nitrogens with one attached hydrogen (secondary N) is 2. The van der Waals surface area contributed by atoms with Crippen molar-refractivity contribution in [2.24, 2.45) is 5.92 Å². The number of carbonyl (C=O) groups excluding carboxylic acids is 2. The lowest BCUT2D eigenvalue weighted by molar-refractivity contribution is -0.135. The molecule has 1 aromatic carbocycles. The highest BCUT2D eigenvalue weighted by Crippen LogP contribution is 2.14. The fourth-order valence-corrected chi connectivity index (χ4v) is 3.00. The second-order valence-electron chi connectivity index (χ2n) is 6.59. The lowest BCUT2D eigenvalue weighted by Crippen LogP contribution is -2.51. The first kappa shape index (κ1) is 21.7. The molecule has 10 heteroatoms. The standard InChI is InChI=1S/C18H22F2N4O3S/c1-9(2)15(25)17(27)24-14(6-10-3-4-12(19)13(20)5-10)16(26)22-7-11-8-23-18(21)28-11/h3-5,8-9,14-15,25H,6-7H2,1-2H3,(H2,21,23)(H,22,26)(H,24,27)/t14-,15+/m0/s1. The van der Waals surface area contributed by atoms with Crippen LogP contribution in [-0.4, -0.2) is 34.1 Å². The number of halogens is 2. The first-order valence-corrected chi connectivity index (χ1v) is 9.39. The molecule has 5 N–H and O–H groups in total. The first-order valence-electron chi connectivity index (χ1n) is 8.57. The molecule has 2 atom stereocenters. The molecule has 0 saturated carbocycles. The predicted molar refractivity (Wildman–Crippen MR) is 101 cm³/mol. The molecule has 0 radical (unpaired) electrons. The van der Waals surface area contributed by atoms with Crippen LogP contribution in [0.15, 0.2) is 24.4 Å². The third-order valence-electron chi connectivity index (χ3n) is 3.97. The van der Waals surface area contributed by atoms with E-state index in [9.17, 15) is 23.5 Å². The number of rotatable bonds is 8. The molecule has 0 aliphatic carbocycles. The van der Waals surface area contributed by atoms with Crippen LogP contribution in [0.4, 0.5) is 13.9 Å². The second-order valence-corrected chi connectivity index (χ2v) is 7.73. The monoisotopic (exact) mass is 412 g/mol. The van der Waals surface area contributed by atoms with Crippen molar-refractivity contribution in [3.8, 4) is 0 Å². The lowest BCUT2D eigenvalue weighted by atomic mass is 10.0. The number of aliphatic hydroxyl groups excluding tert-OH is 1. The van der Waals surface area contributed by atoms with Gasteiger partial charge in [0.15, 0.2) is 16.8 Å². The van der Waals surface area contributed by atoms with Crippen LogP contribution in [0.25, 0.3) is 0 Å².